The summed E-state index contributed by atoms with van der Waals surface area (Å²) in [6.07, 6.45) is 8.40. The van der Waals surface area contributed by atoms with Crippen LogP contribution in [-0.2, 0) is 9.47 Å². The molecule has 1 aliphatic heterocycles. The fraction of sp³-hybridized carbons (Fsp3) is 1.00. The van der Waals surface area contributed by atoms with Crippen molar-refractivity contribution in [2.45, 2.75) is 57.6 Å². The van der Waals surface area contributed by atoms with Gasteiger partial charge in [-0.05, 0) is 31.7 Å². The third kappa shape index (κ3) is 4.23. The first-order valence-corrected chi connectivity index (χ1v) is 7.33. The van der Waals surface area contributed by atoms with Gasteiger partial charge in [-0.25, -0.2) is 0 Å². The zero-order chi connectivity index (χ0) is 11.9. The van der Waals surface area contributed by atoms with E-state index >= 15 is 0 Å². The molecule has 3 nitrogen and oxygen atoms in total. The summed E-state index contributed by atoms with van der Waals surface area (Å²) in [5.41, 5.74) is 0. The Hall–Kier alpha value is -0.120. The second-order valence-corrected chi connectivity index (χ2v) is 5.38. The Balaban J connectivity index is 1.74. The van der Waals surface area contributed by atoms with Gasteiger partial charge in [0.05, 0.1) is 19.3 Å². The van der Waals surface area contributed by atoms with Crippen LogP contribution in [0.3, 0.4) is 0 Å². The van der Waals surface area contributed by atoms with E-state index in [1.54, 1.807) is 0 Å². The molecule has 0 aromatic carbocycles. The largest absolute Gasteiger partial charge is 0.379 e. The van der Waals surface area contributed by atoms with Crippen LogP contribution >= 0.6 is 0 Å². The zero-order valence-electron chi connectivity index (χ0n) is 11.1. The Morgan fingerprint density at radius 1 is 1.24 bits per heavy atom. The lowest BCUT2D eigenvalue weighted by atomic mass is 9.84. The molecule has 2 aliphatic rings. The lowest BCUT2D eigenvalue weighted by molar-refractivity contribution is 0.0173. The first-order valence-electron chi connectivity index (χ1n) is 7.33. The first kappa shape index (κ1) is 13.3. The lowest BCUT2D eigenvalue weighted by Crippen LogP contribution is -2.41. The van der Waals surface area contributed by atoms with Gasteiger partial charge in [0.1, 0.15) is 0 Å². The van der Waals surface area contributed by atoms with Crippen molar-refractivity contribution < 1.29 is 9.47 Å². The fourth-order valence-corrected chi connectivity index (χ4v) is 3.04. The van der Waals surface area contributed by atoms with Crippen LogP contribution in [0.1, 0.15) is 45.4 Å². The molecule has 2 rings (SSSR count). The molecule has 1 heterocycles. The zero-order valence-corrected chi connectivity index (χ0v) is 11.1. The van der Waals surface area contributed by atoms with E-state index in [4.69, 9.17) is 9.47 Å². The summed E-state index contributed by atoms with van der Waals surface area (Å²) in [6, 6.07) is 0.556. The van der Waals surface area contributed by atoms with E-state index in [0.717, 1.165) is 38.7 Å². The summed E-state index contributed by atoms with van der Waals surface area (Å²) in [5.74, 6) is 0.825. The molecule has 3 heteroatoms. The molecular formula is C14H27NO2. The van der Waals surface area contributed by atoms with Gasteiger partial charge in [-0.15, -0.1) is 0 Å². The van der Waals surface area contributed by atoms with Gasteiger partial charge in [0.15, 0.2) is 0 Å². The molecule has 2 unspecified atom stereocenters. The summed E-state index contributed by atoms with van der Waals surface area (Å²) < 4.78 is 11.3. The van der Waals surface area contributed by atoms with E-state index < -0.39 is 0 Å². The summed E-state index contributed by atoms with van der Waals surface area (Å²) >= 11 is 0. The monoisotopic (exact) mass is 241 g/mol. The van der Waals surface area contributed by atoms with Crippen LogP contribution in [0.2, 0.25) is 0 Å². The molecule has 100 valence electrons. The van der Waals surface area contributed by atoms with Crippen molar-refractivity contribution in [2.75, 3.05) is 26.4 Å². The molecule has 1 saturated heterocycles. The van der Waals surface area contributed by atoms with Gasteiger partial charge < -0.3 is 14.8 Å². The Morgan fingerprint density at radius 2 is 2.06 bits per heavy atom. The van der Waals surface area contributed by atoms with Crippen molar-refractivity contribution >= 4 is 0 Å². The maximum Gasteiger partial charge on any atom is 0.0831 e. The number of likely N-dealkylation sites (N-methyl/N-ethyl adjacent to an activating group) is 1. The standard InChI is InChI=1S/C14H27NO2/c1-2-15-14(12-6-4-3-5-7-12)11-17-13-8-9-16-10-13/h12-15H,2-11H2,1H3. The Kier molecular flexibility index (Phi) is 5.75. The first-order chi connectivity index (χ1) is 8.40. The maximum atomic E-state index is 5.98. The summed E-state index contributed by atoms with van der Waals surface area (Å²) in [6.45, 7) is 5.77. The van der Waals surface area contributed by atoms with Gasteiger partial charge in [0, 0.05) is 12.6 Å². The molecule has 1 N–H and O–H groups in total. The van der Waals surface area contributed by atoms with Crippen molar-refractivity contribution in [1.82, 2.24) is 5.32 Å². The molecular weight excluding hydrogens is 214 g/mol. The van der Waals surface area contributed by atoms with Gasteiger partial charge in [0.2, 0.25) is 0 Å². The number of hydrogen-bond acceptors (Lipinski definition) is 3. The molecule has 0 radical (unpaired) electrons. The summed E-state index contributed by atoms with van der Waals surface area (Å²) in [5, 5.41) is 3.61. The van der Waals surface area contributed by atoms with E-state index in [-0.39, 0.29) is 0 Å². The highest BCUT2D eigenvalue weighted by molar-refractivity contribution is 4.79. The van der Waals surface area contributed by atoms with E-state index in [9.17, 15) is 0 Å². The highest BCUT2D eigenvalue weighted by atomic mass is 16.5. The van der Waals surface area contributed by atoms with Crippen molar-refractivity contribution in [3.8, 4) is 0 Å². The van der Waals surface area contributed by atoms with Crippen LogP contribution in [0.25, 0.3) is 0 Å². The molecule has 0 bridgehead atoms. The summed E-state index contributed by atoms with van der Waals surface area (Å²) in [4.78, 5) is 0. The molecule has 0 aromatic heterocycles. The third-order valence-electron chi connectivity index (χ3n) is 4.08. The summed E-state index contributed by atoms with van der Waals surface area (Å²) in [7, 11) is 0. The van der Waals surface area contributed by atoms with Gasteiger partial charge in [0.25, 0.3) is 0 Å². The van der Waals surface area contributed by atoms with Crippen molar-refractivity contribution in [3.63, 3.8) is 0 Å². The molecule has 0 amide bonds. The van der Waals surface area contributed by atoms with Crippen LogP contribution in [0.5, 0.6) is 0 Å². The molecule has 2 fully saturated rings. The lowest BCUT2D eigenvalue weighted by Gasteiger charge is -2.31. The number of ether oxygens (including phenoxy) is 2. The average molecular weight is 241 g/mol. The smallest absolute Gasteiger partial charge is 0.0831 e. The SMILES string of the molecule is CCNC(COC1CCOC1)C1CCCCC1. The fourth-order valence-electron chi connectivity index (χ4n) is 3.04. The molecule has 0 spiro atoms. The molecule has 2 atom stereocenters. The van der Waals surface area contributed by atoms with Crippen LogP contribution in [0.15, 0.2) is 0 Å². The Bertz CT molecular complexity index is 198. The number of hydrogen-bond donors (Lipinski definition) is 1. The average Bonchev–Trinajstić information content (AvgIpc) is 2.88. The topological polar surface area (TPSA) is 30.5 Å². The molecule has 1 saturated carbocycles. The second-order valence-electron chi connectivity index (χ2n) is 5.38. The highest BCUT2D eigenvalue weighted by Gasteiger charge is 2.25. The van der Waals surface area contributed by atoms with Gasteiger partial charge in [-0.2, -0.15) is 0 Å². The molecule has 1 aliphatic carbocycles. The third-order valence-corrected chi connectivity index (χ3v) is 4.08. The highest BCUT2D eigenvalue weighted by Crippen LogP contribution is 2.27. The van der Waals surface area contributed by atoms with Crippen LogP contribution in [0.4, 0.5) is 0 Å². The minimum atomic E-state index is 0.347. The maximum absolute atomic E-state index is 5.98. The molecule has 0 aromatic rings. The molecule has 17 heavy (non-hydrogen) atoms. The van der Waals surface area contributed by atoms with E-state index in [2.05, 4.69) is 12.2 Å². The predicted octanol–water partition coefficient (Wildman–Crippen LogP) is 2.35. The minimum absolute atomic E-state index is 0.347. The predicted molar refractivity (Wildman–Crippen MR) is 69.2 cm³/mol. The van der Waals surface area contributed by atoms with E-state index in [0.29, 0.717) is 12.1 Å². The van der Waals surface area contributed by atoms with Crippen LogP contribution in [-0.4, -0.2) is 38.5 Å². The van der Waals surface area contributed by atoms with Crippen molar-refractivity contribution in [3.05, 3.63) is 0 Å². The number of rotatable bonds is 6. The Morgan fingerprint density at radius 3 is 2.71 bits per heavy atom. The van der Waals surface area contributed by atoms with Gasteiger partial charge >= 0.3 is 0 Å². The van der Waals surface area contributed by atoms with E-state index in [1.165, 1.54) is 32.1 Å². The Labute approximate surface area is 105 Å². The van der Waals surface area contributed by atoms with E-state index in [1.807, 2.05) is 0 Å². The van der Waals surface area contributed by atoms with Gasteiger partial charge in [-0.3, -0.25) is 0 Å². The van der Waals surface area contributed by atoms with Crippen LogP contribution in [0, 0.1) is 5.92 Å². The van der Waals surface area contributed by atoms with Crippen molar-refractivity contribution in [2.24, 2.45) is 5.92 Å². The number of nitrogens with one attached hydrogen (secondary N) is 1. The van der Waals surface area contributed by atoms with Crippen LogP contribution < -0.4 is 5.32 Å². The second kappa shape index (κ2) is 7.34. The quantitative estimate of drug-likeness (QED) is 0.774. The minimum Gasteiger partial charge on any atom is -0.379 e. The normalized spacial score (nSPS) is 28.4. The van der Waals surface area contributed by atoms with Gasteiger partial charge in [-0.1, -0.05) is 26.2 Å². The van der Waals surface area contributed by atoms with Crippen molar-refractivity contribution in [1.29, 1.82) is 0 Å².